The van der Waals surface area contributed by atoms with Gasteiger partial charge in [0.15, 0.2) is 0 Å². The van der Waals surface area contributed by atoms with Crippen LogP contribution >= 0.6 is 0 Å². The molecule has 1 heteroatoms. The molecule has 0 saturated carbocycles. The van der Waals surface area contributed by atoms with Crippen molar-refractivity contribution in [2.45, 2.75) is 0 Å². The molecule has 0 unspecified atom stereocenters. The minimum absolute atomic E-state index is 0.00605. The molecule has 1 nitrogen and oxygen atoms in total. The number of hydrogen-bond acceptors (Lipinski definition) is 1. The normalized spacial score (nSPS) is 15.0. The lowest BCUT2D eigenvalue weighted by atomic mass is 9.83. The Labute approximate surface area is 277 Å². The van der Waals surface area contributed by atoms with E-state index in [2.05, 4.69) is 0 Å². The molecule has 0 saturated heterocycles. The molecule has 210 valence electrons. The summed E-state index contributed by atoms with van der Waals surface area (Å²) in [6.45, 7) is 0. The zero-order chi connectivity index (χ0) is 39.3. The fourth-order valence-corrected chi connectivity index (χ4v) is 6.19. The van der Waals surface area contributed by atoms with Crippen LogP contribution in [0.4, 0.5) is 0 Å². The molecular formula is C44H28O. The molecule has 9 rings (SSSR count). The molecular weight excluding hydrogens is 544 g/mol. The molecule has 0 aliphatic carbocycles. The van der Waals surface area contributed by atoms with Gasteiger partial charge in [0.05, 0.1) is 15.1 Å². The second kappa shape index (κ2) is 10.4. The largest absolute Gasteiger partial charge is 0.456 e. The van der Waals surface area contributed by atoms with E-state index in [4.69, 9.17) is 9.90 Å². The van der Waals surface area contributed by atoms with E-state index >= 15 is 0 Å². The molecule has 45 heavy (non-hydrogen) atoms. The Balaban J connectivity index is 1.64. The van der Waals surface area contributed by atoms with Crippen LogP contribution in [0.1, 0.15) is 15.1 Å². The van der Waals surface area contributed by atoms with Crippen LogP contribution in [0.3, 0.4) is 0 Å². The predicted molar refractivity (Wildman–Crippen MR) is 190 cm³/mol. The summed E-state index contributed by atoms with van der Waals surface area (Å²) in [6.07, 6.45) is 0. The highest BCUT2D eigenvalue weighted by molar-refractivity contribution is 6.26. The minimum atomic E-state index is -0.594. The summed E-state index contributed by atoms with van der Waals surface area (Å²) < 4.78 is 109. The number of furan rings is 1. The van der Waals surface area contributed by atoms with E-state index in [0.29, 0.717) is 38.6 Å². The molecule has 0 amide bonds. The van der Waals surface area contributed by atoms with E-state index in [1.54, 1.807) is 84.9 Å². The Kier molecular flexibility index (Phi) is 3.87. The number of para-hydroxylation sites is 1. The molecule has 8 aromatic carbocycles. The smallest absolute Gasteiger partial charge is 0.136 e. The first-order chi connectivity index (χ1) is 26.9. The fourth-order valence-electron chi connectivity index (χ4n) is 6.19. The fraction of sp³-hybridized carbons (Fsp3) is 0. The first-order valence-corrected chi connectivity index (χ1v) is 14.6. The molecule has 0 atom stereocenters. The monoisotopic (exact) mass is 583 g/mol. The maximum Gasteiger partial charge on any atom is 0.136 e. The SMILES string of the molecule is [2H]c1c([2H])c(-c2ccccc2)c([2H])c(-c2c3c([2H])c([2H])c([2H])c([2H])c3c(-c3cccc4oc5ccccc5c34)c3c([2H])c([2H])c(-c4ccccc4)c([2H])c23)c1[2H]. The van der Waals surface area contributed by atoms with E-state index in [1.807, 2.05) is 18.2 Å². The van der Waals surface area contributed by atoms with Crippen molar-refractivity contribution in [3.8, 4) is 44.5 Å². The van der Waals surface area contributed by atoms with Gasteiger partial charge < -0.3 is 4.42 Å². The van der Waals surface area contributed by atoms with Gasteiger partial charge >= 0.3 is 0 Å². The van der Waals surface area contributed by atoms with Crippen molar-refractivity contribution < 1.29 is 19.5 Å². The number of rotatable bonds is 4. The summed E-state index contributed by atoms with van der Waals surface area (Å²) in [7, 11) is 0. The molecule has 0 aliphatic rings. The van der Waals surface area contributed by atoms with Gasteiger partial charge in [-0.1, -0.05) is 145 Å². The Morgan fingerprint density at radius 3 is 1.78 bits per heavy atom. The molecule has 0 bridgehead atoms. The Morgan fingerprint density at radius 1 is 0.378 bits per heavy atom. The zero-order valence-corrected chi connectivity index (χ0v) is 23.7. The molecule has 1 aromatic heterocycles. The number of fused-ring (bicyclic) bond motifs is 5. The van der Waals surface area contributed by atoms with Crippen molar-refractivity contribution in [1.82, 2.24) is 0 Å². The average molecular weight is 584 g/mol. The van der Waals surface area contributed by atoms with Gasteiger partial charge in [0, 0.05) is 10.8 Å². The topological polar surface area (TPSA) is 13.1 Å². The van der Waals surface area contributed by atoms with E-state index < -0.39 is 36.3 Å². The average Bonchev–Trinajstić information content (AvgIpc) is 3.60. The Morgan fingerprint density at radius 2 is 1.00 bits per heavy atom. The highest BCUT2D eigenvalue weighted by atomic mass is 16.3. The van der Waals surface area contributed by atoms with Crippen molar-refractivity contribution in [1.29, 1.82) is 0 Å². The summed E-state index contributed by atoms with van der Waals surface area (Å²) in [5.41, 5.74) is 2.27. The maximum absolute atomic E-state index is 9.96. The summed E-state index contributed by atoms with van der Waals surface area (Å²) in [5.74, 6) is 0. The van der Waals surface area contributed by atoms with Crippen molar-refractivity contribution in [3.05, 3.63) is 170 Å². The Hall–Kier alpha value is -5.92. The highest BCUT2D eigenvalue weighted by Gasteiger charge is 2.21. The first-order valence-electron chi connectivity index (χ1n) is 20.1. The van der Waals surface area contributed by atoms with Crippen LogP contribution in [0.2, 0.25) is 0 Å². The Bertz CT molecular complexity index is 3140. The second-order valence-electron chi connectivity index (χ2n) is 10.8. The van der Waals surface area contributed by atoms with E-state index in [1.165, 1.54) is 0 Å². The quantitative estimate of drug-likeness (QED) is 0.188. The summed E-state index contributed by atoms with van der Waals surface area (Å²) in [4.78, 5) is 0. The van der Waals surface area contributed by atoms with Crippen molar-refractivity contribution >= 4 is 43.5 Å². The third-order valence-corrected chi connectivity index (χ3v) is 8.17. The molecule has 0 aliphatic heterocycles. The van der Waals surface area contributed by atoms with Crippen molar-refractivity contribution in [3.63, 3.8) is 0 Å². The van der Waals surface area contributed by atoms with Gasteiger partial charge in [0.2, 0.25) is 0 Å². The standard InChI is InChI=1S/C44H28O/c1-3-13-29(14-4-1)31-17-11-18-33(27-31)42-34-19-7-8-20-35(34)43(36-26-25-32(28-39(36)42)30-15-5-2-6-16-30)38-22-12-24-41-44(38)37-21-9-10-23-40(37)45-41/h1-28H/i7D,8D,11D,17D,18D,19D,20D,25D,26D,27D,28D. The molecule has 9 aromatic rings. The van der Waals surface area contributed by atoms with Crippen molar-refractivity contribution in [2.75, 3.05) is 0 Å². The lowest BCUT2D eigenvalue weighted by molar-refractivity contribution is 0.669. The lowest BCUT2D eigenvalue weighted by Gasteiger charge is -2.19. The van der Waals surface area contributed by atoms with Crippen LogP contribution in [0.15, 0.2) is 174 Å². The predicted octanol–water partition coefficient (Wildman–Crippen LogP) is 12.6. The van der Waals surface area contributed by atoms with Crippen LogP contribution in [-0.2, 0) is 0 Å². The van der Waals surface area contributed by atoms with Gasteiger partial charge in [0.1, 0.15) is 11.2 Å². The first kappa shape index (κ1) is 16.8. The molecule has 1 heterocycles. The van der Waals surface area contributed by atoms with Crippen molar-refractivity contribution in [2.24, 2.45) is 0 Å². The summed E-state index contributed by atoms with van der Waals surface area (Å²) in [5, 5.41) is 1.11. The third kappa shape index (κ3) is 4.17. The summed E-state index contributed by atoms with van der Waals surface area (Å²) in [6, 6.07) is 25.0. The maximum atomic E-state index is 9.96. The van der Waals surface area contributed by atoms with Gasteiger partial charge in [0.25, 0.3) is 0 Å². The van der Waals surface area contributed by atoms with Gasteiger partial charge in [-0.15, -0.1) is 0 Å². The van der Waals surface area contributed by atoms with Crippen LogP contribution < -0.4 is 0 Å². The van der Waals surface area contributed by atoms with Crippen LogP contribution in [0, 0.1) is 0 Å². The summed E-state index contributed by atoms with van der Waals surface area (Å²) >= 11 is 0. The third-order valence-electron chi connectivity index (χ3n) is 8.17. The van der Waals surface area contributed by atoms with Gasteiger partial charge in [-0.2, -0.15) is 0 Å². The lowest BCUT2D eigenvalue weighted by Crippen LogP contribution is -1.92. The number of benzene rings is 8. The van der Waals surface area contributed by atoms with Crippen LogP contribution in [0.25, 0.3) is 88.0 Å². The highest BCUT2D eigenvalue weighted by Crippen LogP contribution is 2.48. The minimum Gasteiger partial charge on any atom is -0.456 e. The van der Waals surface area contributed by atoms with E-state index in [-0.39, 0.29) is 79.6 Å². The van der Waals surface area contributed by atoms with E-state index in [9.17, 15) is 9.60 Å². The molecule has 0 spiro atoms. The molecule has 0 N–H and O–H groups in total. The van der Waals surface area contributed by atoms with E-state index in [0.717, 1.165) is 0 Å². The van der Waals surface area contributed by atoms with Gasteiger partial charge in [-0.25, -0.2) is 0 Å². The molecule has 0 fully saturated rings. The van der Waals surface area contributed by atoms with Crippen LogP contribution in [-0.4, -0.2) is 0 Å². The van der Waals surface area contributed by atoms with Gasteiger partial charge in [-0.05, 0) is 90.3 Å². The van der Waals surface area contributed by atoms with Crippen LogP contribution in [0.5, 0.6) is 0 Å². The zero-order valence-electron chi connectivity index (χ0n) is 34.7. The second-order valence-corrected chi connectivity index (χ2v) is 10.8. The van der Waals surface area contributed by atoms with Gasteiger partial charge in [-0.3, -0.25) is 0 Å². The number of hydrogen-bond donors (Lipinski definition) is 0. The molecule has 0 radical (unpaired) electrons.